The molecule has 1 atom stereocenters. The normalized spacial score (nSPS) is 15.9. The van der Waals surface area contributed by atoms with Gasteiger partial charge >= 0.3 is 0 Å². The van der Waals surface area contributed by atoms with Gasteiger partial charge < -0.3 is 4.74 Å². The maximum atomic E-state index is 13.4. The molecule has 3 aromatic rings. The molecule has 7 heteroatoms. The highest BCUT2D eigenvalue weighted by atomic mass is 19.1. The molecule has 29 heavy (non-hydrogen) atoms. The molecular weight excluding hydrogens is 373 g/mol. The average Bonchev–Trinajstić information content (AvgIpc) is 3.20. The lowest BCUT2D eigenvalue weighted by Gasteiger charge is -2.23. The van der Waals surface area contributed by atoms with E-state index in [1.807, 2.05) is 29.3 Å². The summed E-state index contributed by atoms with van der Waals surface area (Å²) in [6, 6.07) is 20.1. The number of hydrogen-bond donors (Lipinski definition) is 0. The van der Waals surface area contributed by atoms with Gasteiger partial charge in [-0.1, -0.05) is 12.1 Å². The van der Waals surface area contributed by atoms with E-state index in [1.54, 1.807) is 31.4 Å². The first-order valence-electron chi connectivity index (χ1n) is 9.06. The lowest BCUT2D eigenvalue weighted by Crippen LogP contribution is -2.18. The molecule has 0 amide bonds. The minimum Gasteiger partial charge on any atom is -0.497 e. The van der Waals surface area contributed by atoms with E-state index in [9.17, 15) is 14.5 Å². The number of benzene rings is 3. The summed E-state index contributed by atoms with van der Waals surface area (Å²) >= 11 is 0. The molecule has 0 saturated heterocycles. The van der Waals surface area contributed by atoms with E-state index in [1.165, 1.54) is 24.3 Å². The number of anilines is 1. The van der Waals surface area contributed by atoms with Crippen LogP contribution < -0.4 is 9.75 Å². The van der Waals surface area contributed by atoms with E-state index >= 15 is 0 Å². The maximum absolute atomic E-state index is 13.4. The lowest BCUT2D eigenvalue weighted by atomic mass is 9.98. The first-order valence-corrected chi connectivity index (χ1v) is 9.06. The second kappa shape index (κ2) is 7.71. The van der Waals surface area contributed by atoms with Gasteiger partial charge in [-0.25, -0.2) is 4.39 Å². The third-order valence-corrected chi connectivity index (χ3v) is 4.91. The molecule has 6 nitrogen and oxygen atoms in total. The molecule has 0 unspecified atom stereocenters. The fraction of sp³-hybridized carbons (Fsp3) is 0.136. The van der Waals surface area contributed by atoms with Crippen molar-refractivity contribution < 1.29 is 14.1 Å². The molecule has 0 saturated carbocycles. The van der Waals surface area contributed by atoms with Crippen molar-refractivity contribution in [3.63, 3.8) is 0 Å². The summed E-state index contributed by atoms with van der Waals surface area (Å²) in [5.41, 5.74) is 3.50. The molecule has 0 spiro atoms. The predicted octanol–water partition coefficient (Wildman–Crippen LogP) is 5.10. The van der Waals surface area contributed by atoms with Crippen LogP contribution in [-0.2, 0) is 0 Å². The second-order valence-electron chi connectivity index (χ2n) is 6.66. The number of hydrogen-bond acceptors (Lipinski definition) is 5. The summed E-state index contributed by atoms with van der Waals surface area (Å²) in [5, 5.41) is 17.6. The Labute approximate surface area is 167 Å². The van der Waals surface area contributed by atoms with E-state index in [4.69, 9.17) is 9.84 Å². The zero-order valence-electron chi connectivity index (χ0n) is 15.7. The van der Waals surface area contributed by atoms with Gasteiger partial charge in [0.25, 0.3) is 5.69 Å². The van der Waals surface area contributed by atoms with E-state index in [0.29, 0.717) is 6.42 Å². The molecule has 4 rings (SSSR count). The Hall–Kier alpha value is -3.74. The van der Waals surface area contributed by atoms with Gasteiger partial charge in [0.05, 0.1) is 29.5 Å². The van der Waals surface area contributed by atoms with Gasteiger partial charge in [0.1, 0.15) is 11.6 Å². The molecule has 0 aromatic heterocycles. The van der Waals surface area contributed by atoms with Crippen molar-refractivity contribution in [1.29, 1.82) is 0 Å². The smallest absolute Gasteiger partial charge is 0.269 e. The number of non-ortho nitro benzene ring substituents is 1. The average molecular weight is 391 g/mol. The molecule has 146 valence electrons. The number of methoxy groups -OCH3 is 1. The van der Waals surface area contributed by atoms with Crippen LogP contribution in [0.2, 0.25) is 0 Å². The van der Waals surface area contributed by atoms with Crippen LogP contribution in [-0.4, -0.2) is 17.7 Å². The quantitative estimate of drug-likeness (QED) is 0.448. The molecule has 1 aliphatic rings. The minimum atomic E-state index is -0.433. The second-order valence-corrected chi connectivity index (χ2v) is 6.66. The Balaban J connectivity index is 1.71. The first kappa shape index (κ1) is 18.6. The standard InChI is InChI=1S/C22H18FN3O3/c1-29-20-12-4-15(5-13-20)21-14-22(16-2-6-17(23)7-3-16)25(24-21)18-8-10-19(11-9-18)26(27)28/h2-13,22H,14H2,1H3/t22-/m0/s1. The van der Waals surface area contributed by atoms with Gasteiger partial charge in [-0.15, -0.1) is 0 Å². The Kier molecular flexibility index (Phi) is 4.95. The molecule has 0 fully saturated rings. The van der Waals surface area contributed by atoms with Gasteiger partial charge in [0, 0.05) is 18.6 Å². The highest BCUT2D eigenvalue weighted by Gasteiger charge is 2.30. The SMILES string of the molecule is COc1ccc(C2=NN(c3ccc([N+](=O)[O-])cc3)[C@H](c3ccc(F)cc3)C2)cc1. The fourth-order valence-electron chi connectivity index (χ4n) is 3.38. The van der Waals surface area contributed by atoms with E-state index in [-0.39, 0.29) is 17.5 Å². The molecule has 3 aromatic carbocycles. The highest BCUT2D eigenvalue weighted by molar-refractivity contribution is 6.03. The summed E-state index contributed by atoms with van der Waals surface area (Å²) in [6.45, 7) is 0. The maximum Gasteiger partial charge on any atom is 0.269 e. The number of nitro groups is 1. The fourth-order valence-corrected chi connectivity index (χ4v) is 3.38. The number of nitrogens with zero attached hydrogens (tertiary/aromatic N) is 3. The largest absolute Gasteiger partial charge is 0.497 e. The Morgan fingerprint density at radius 1 is 1.03 bits per heavy atom. The summed E-state index contributed by atoms with van der Waals surface area (Å²) in [5.74, 6) is 0.458. The number of halogens is 1. The lowest BCUT2D eigenvalue weighted by molar-refractivity contribution is -0.384. The van der Waals surface area contributed by atoms with Crippen molar-refractivity contribution in [2.45, 2.75) is 12.5 Å². The minimum absolute atomic E-state index is 0.0191. The van der Waals surface area contributed by atoms with Gasteiger partial charge in [-0.05, 0) is 59.7 Å². The van der Waals surface area contributed by atoms with Crippen molar-refractivity contribution in [2.75, 3.05) is 12.1 Å². The van der Waals surface area contributed by atoms with Gasteiger partial charge in [-0.2, -0.15) is 5.10 Å². The van der Waals surface area contributed by atoms with Crippen LogP contribution >= 0.6 is 0 Å². The van der Waals surface area contributed by atoms with E-state index in [2.05, 4.69) is 0 Å². The van der Waals surface area contributed by atoms with Crippen LogP contribution in [0.3, 0.4) is 0 Å². The van der Waals surface area contributed by atoms with Gasteiger partial charge in [0.15, 0.2) is 0 Å². The molecule has 1 heterocycles. The Bertz CT molecular complexity index is 1050. The molecule has 0 bridgehead atoms. The number of rotatable bonds is 5. The molecule has 0 aliphatic carbocycles. The van der Waals surface area contributed by atoms with E-state index < -0.39 is 4.92 Å². The van der Waals surface area contributed by atoms with Crippen molar-refractivity contribution in [3.05, 3.63) is 99.9 Å². The predicted molar refractivity (Wildman–Crippen MR) is 109 cm³/mol. The van der Waals surface area contributed by atoms with Crippen molar-refractivity contribution in [3.8, 4) is 5.75 Å². The van der Waals surface area contributed by atoms with Gasteiger partial charge in [0.2, 0.25) is 0 Å². The molecule has 0 N–H and O–H groups in total. The molecule has 0 radical (unpaired) electrons. The summed E-state index contributed by atoms with van der Waals surface area (Å²) in [4.78, 5) is 10.5. The van der Waals surface area contributed by atoms with Crippen LogP contribution in [0.15, 0.2) is 77.9 Å². The summed E-state index contributed by atoms with van der Waals surface area (Å²) in [6.07, 6.45) is 0.620. The highest BCUT2D eigenvalue weighted by Crippen LogP contribution is 2.37. The zero-order chi connectivity index (χ0) is 20.4. The van der Waals surface area contributed by atoms with E-state index in [0.717, 1.165) is 28.3 Å². The molecular formula is C22H18FN3O3. The van der Waals surface area contributed by atoms with Crippen molar-refractivity contribution >= 4 is 17.1 Å². The number of nitro benzene ring substituents is 1. The third kappa shape index (κ3) is 3.80. The monoisotopic (exact) mass is 391 g/mol. The van der Waals surface area contributed by atoms with Gasteiger partial charge in [-0.3, -0.25) is 15.1 Å². The summed E-state index contributed by atoms with van der Waals surface area (Å²) in [7, 11) is 1.61. The van der Waals surface area contributed by atoms with Crippen LogP contribution in [0.5, 0.6) is 5.75 Å². The zero-order valence-corrected chi connectivity index (χ0v) is 15.7. The first-order chi connectivity index (χ1) is 14.0. The van der Waals surface area contributed by atoms with Crippen LogP contribution in [0.1, 0.15) is 23.6 Å². The summed E-state index contributed by atoms with van der Waals surface area (Å²) < 4.78 is 18.6. The van der Waals surface area contributed by atoms with Crippen molar-refractivity contribution in [2.24, 2.45) is 5.10 Å². The number of ether oxygens (including phenoxy) is 1. The number of hydrazone groups is 1. The molecule has 1 aliphatic heterocycles. The van der Waals surface area contributed by atoms with Crippen LogP contribution in [0, 0.1) is 15.9 Å². The Morgan fingerprint density at radius 3 is 2.28 bits per heavy atom. The topological polar surface area (TPSA) is 68.0 Å². The third-order valence-electron chi connectivity index (χ3n) is 4.91. The van der Waals surface area contributed by atoms with Crippen LogP contribution in [0.4, 0.5) is 15.8 Å². The van der Waals surface area contributed by atoms with Crippen LogP contribution in [0.25, 0.3) is 0 Å². The Morgan fingerprint density at radius 2 is 1.69 bits per heavy atom. The van der Waals surface area contributed by atoms with Crippen molar-refractivity contribution in [1.82, 2.24) is 0 Å².